The van der Waals surface area contributed by atoms with Crippen LogP contribution >= 0.6 is 11.3 Å². The number of carbonyl (C=O) groups excluding carboxylic acids is 4. The third-order valence-corrected chi connectivity index (χ3v) is 7.66. The van der Waals surface area contributed by atoms with E-state index in [0.717, 1.165) is 25.2 Å². The summed E-state index contributed by atoms with van der Waals surface area (Å²) in [7, 11) is -5.19. The van der Waals surface area contributed by atoms with Crippen molar-refractivity contribution < 1.29 is 57.2 Å². The van der Waals surface area contributed by atoms with E-state index in [1.54, 1.807) is 0 Å². The second-order valence-electron chi connectivity index (χ2n) is 9.74. The summed E-state index contributed by atoms with van der Waals surface area (Å²) in [5.41, 5.74) is 1.20. The molecule has 23 heteroatoms. The number of hydrogen-bond donors (Lipinski definition) is 8. The van der Waals surface area contributed by atoms with Crippen LogP contribution in [0.15, 0.2) is 27.6 Å². The van der Waals surface area contributed by atoms with Gasteiger partial charge in [0.2, 0.25) is 16.9 Å². The smallest absolute Gasteiger partial charge is 0.362 e. The number of carbonyl (C=O) groups is 5. The van der Waals surface area contributed by atoms with Gasteiger partial charge in [0.15, 0.2) is 16.6 Å². The summed E-state index contributed by atoms with van der Waals surface area (Å²) >= 11 is 0.879. The first-order chi connectivity index (χ1) is 20.7. The number of rotatable bonds is 12. The standard InChI is InChI=1S/C22H26N8O13S2/c1-8(25-17(34)10-4-12(31)13(32)6-29(10)39)16(33)24-5-11-15(19(36)30(11)45(40,41)42)27-18(35)14(9-7-44-21(23)26-9)28-43-22(2,3)20(37)38/h4,6-8,11,15,32,39H,5H2,1-3H3,(H2,23,26)(H,24,33)(H,25,34)(H,27,35)(H,37,38)(H,40,41,42)/b28-14-/t8-,11+,15-/m0/s1. The average Bonchev–Trinajstić information content (AvgIpc) is 3.35. The number of aliphatic carboxylic acids is 1. The molecular weight excluding hydrogens is 648 g/mol. The van der Waals surface area contributed by atoms with E-state index >= 15 is 0 Å². The first-order valence-electron chi connectivity index (χ1n) is 12.3. The highest BCUT2D eigenvalue weighted by Gasteiger charge is 2.54. The van der Waals surface area contributed by atoms with Crippen molar-refractivity contribution in [3.63, 3.8) is 0 Å². The lowest BCUT2D eigenvalue weighted by Gasteiger charge is -2.44. The lowest BCUT2D eigenvalue weighted by atomic mass is 9.98. The van der Waals surface area contributed by atoms with Gasteiger partial charge in [0.25, 0.3) is 17.7 Å². The molecule has 244 valence electrons. The molecule has 1 saturated heterocycles. The van der Waals surface area contributed by atoms with E-state index in [0.29, 0.717) is 12.3 Å². The van der Waals surface area contributed by atoms with Gasteiger partial charge in [0, 0.05) is 18.0 Å². The highest BCUT2D eigenvalue weighted by molar-refractivity contribution is 7.84. The summed E-state index contributed by atoms with van der Waals surface area (Å²) in [6.45, 7) is 2.70. The Labute approximate surface area is 256 Å². The van der Waals surface area contributed by atoms with E-state index in [-0.39, 0.29) is 19.9 Å². The second kappa shape index (κ2) is 12.7. The number of oxime groups is 1. The number of pyridine rings is 1. The number of carboxylic acid groups (broad SMARTS) is 1. The van der Waals surface area contributed by atoms with Crippen molar-refractivity contribution in [1.29, 1.82) is 0 Å². The molecule has 1 fully saturated rings. The van der Waals surface area contributed by atoms with E-state index in [1.807, 2.05) is 0 Å². The van der Waals surface area contributed by atoms with Gasteiger partial charge in [-0.15, -0.1) is 11.3 Å². The fourth-order valence-electron chi connectivity index (χ4n) is 3.55. The molecule has 3 atom stereocenters. The summed E-state index contributed by atoms with van der Waals surface area (Å²) in [6.07, 6.45) is 0.548. The zero-order valence-electron chi connectivity index (χ0n) is 23.3. The minimum Gasteiger partial charge on any atom is -0.503 e. The predicted molar refractivity (Wildman–Crippen MR) is 149 cm³/mol. The summed E-state index contributed by atoms with van der Waals surface area (Å²) < 4.78 is 33.4. The quantitative estimate of drug-likeness (QED) is 0.0362. The highest BCUT2D eigenvalue weighted by atomic mass is 32.2. The van der Waals surface area contributed by atoms with Crippen LogP contribution in [0.25, 0.3) is 0 Å². The largest absolute Gasteiger partial charge is 0.503 e. The molecule has 9 N–H and O–H groups in total. The fraction of sp³-hybridized carbons (Fsp3) is 0.364. The third-order valence-electron chi connectivity index (χ3n) is 6.03. The molecule has 3 heterocycles. The van der Waals surface area contributed by atoms with Gasteiger partial charge in [-0.05, 0) is 20.8 Å². The van der Waals surface area contributed by atoms with Crippen LogP contribution in [0, 0.1) is 0 Å². The molecule has 0 unspecified atom stereocenters. The number of aromatic nitrogens is 2. The molecule has 1 aliphatic rings. The van der Waals surface area contributed by atoms with Gasteiger partial charge in [0.1, 0.15) is 23.5 Å². The van der Waals surface area contributed by atoms with Gasteiger partial charge >= 0.3 is 16.3 Å². The molecule has 2 aromatic rings. The average molecular weight is 675 g/mol. The normalized spacial score (nSPS) is 17.6. The zero-order valence-corrected chi connectivity index (χ0v) is 24.9. The van der Waals surface area contributed by atoms with Crippen LogP contribution < -0.4 is 27.1 Å². The van der Waals surface area contributed by atoms with E-state index in [2.05, 4.69) is 26.1 Å². The summed E-state index contributed by atoms with van der Waals surface area (Å²) in [5.74, 6) is -6.91. The van der Waals surface area contributed by atoms with Gasteiger partial charge in [-0.1, -0.05) is 5.16 Å². The maximum absolute atomic E-state index is 13.1. The van der Waals surface area contributed by atoms with Crippen LogP contribution in [0.4, 0.5) is 5.13 Å². The van der Waals surface area contributed by atoms with Crippen LogP contribution in [-0.2, 0) is 34.3 Å². The SMILES string of the molecule is C[C@H](NC(=O)c1cc(=O)c(O)cn1O)C(=O)NC[C@@H]1[C@H](NC(=O)/C(=N\OC(C)(C)C(=O)O)c2csc(N)n2)C(=O)N1S(=O)(=O)O. The van der Waals surface area contributed by atoms with Crippen LogP contribution in [0.5, 0.6) is 5.75 Å². The van der Waals surface area contributed by atoms with Crippen molar-refractivity contribution >= 4 is 62.1 Å². The first-order valence-corrected chi connectivity index (χ1v) is 14.6. The van der Waals surface area contributed by atoms with Crippen LogP contribution in [-0.4, -0.2) is 108 Å². The number of thiazole rings is 1. The van der Waals surface area contributed by atoms with Crippen molar-refractivity contribution in [2.75, 3.05) is 12.3 Å². The molecule has 0 aliphatic carbocycles. The number of nitrogens with zero attached hydrogens (tertiary/aromatic N) is 4. The van der Waals surface area contributed by atoms with Crippen molar-refractivity contribution in [2.45, 2.75) is 44.5 Å². The zero-order chi connectivity index (χ0) is 34.0. The van der Waals surface area contributed by atoms with Gasteiger partial charge < -0.3 is 41.9 Å². The summed E-state index contributed by atoms with van der Waals surface area (Å²) in [4.78, 5) is 82.7. The second-order valence-corrected chi connectivity index (χ2v) is 11.9. The number of hydrogen-bond acceptors (Lipinski definition) is 15. The Morgan fingerprint density at radius 2 is 1.91 bits per heavy atom. The topological polar surface area (TPSA) is 322 Å². The Morgan fingerprint density at radius 3 is 2.47 bits per heavy atom. The highest BCUT2D eigenvalue weighted by Crippen LogP contribution is 2.24. The number of nitrogens with one attached hydrogen (secondary N) is 3. The van der Waals surface area contributed by atoms with Gasteiger partial charge in [-0.3, -0.25) is 28.5 Å². The maximum Gasteiger partial charge on any atom is 0.362 e. The molecule has 1 aliphatic heterocycles. The Balaban J connectivity index is 1.77. The number of carboxylic acids is 1. The molecule has 4 amide bonds. The number of β-lactam (4-membered cyclic amide) rings is 1. The molecule has 21 nitrogen and oxygen atoms in total. The summed E-state index contributed by atoms with van der Waals surface area (Å²) in [5, 5.41) is 39.7. The van der Waals surface area contributed by atoms with E-state index in [4.69, 9.17) is 10.6 Å². The molecule has 0 spiro atoms. The molecule has 0 aromatic carbocycles. The Morgan fingerprint density at radius 1 is 1.27 bits per heavy atom. The Kier molecular flexibility index (Phi) is 9.69. The number of amides is 4. The third kappa shape index (κ3) is 7.63. The van der Waals surface area contributed by atoms with Crippen molar-refractivity contribution in [3.05, 3.63) is 39.3 Å². The van der Waals surface area contributed by atoms with Gasteiger partial charge in [-0.2, -0.15) is 13.1 Å². The maximum atomic E-state index is 13.1. The minimum atomic E-state index is -5.19. The van der Waals surface area contributed by atoms with E-state index in [9.17, 15) is 57.2 Å². The monoisotopic (exact) mass is 674 g/mol. The van der Waals surface area contributed by atoms with Gasteiger partial charge in [0.05, 0.1) is 12.2 Å². The van der Waals surface area contributed by atoms with Crippen molar-refractivity contribution in [1.82, 2.24) is 30.0 Å². The van der Waals surface area contributed by atoms with Crippen LogP contribution in [0.1, 0.15) is 37.0 Å². The van der Waals surface area contributed by atoms with Gasteiger partial charge in [-0.25, -0.2) is 14.1 Å². The van der Waals surface area contributed by atoms with Crippen LogP contribution in [0.3, 0.4) is 0 Å². The Bertz CT molecular complexity index is 1750. The first kappa shape index (κ1) is 34.2. The number of nitrogens with two attached hydrogens (primary N) is 1. The van der Waals surface area contributed by atoms with E-state index < -0.39 is 92.8 Å². The minimum absolute atomic E-state index is 0.0188. The molecule has 2 aromatic heterocycles. The van der Waals surface area contributed by atoms with Crippen molar-refractivity contribution in [3.8, 4) is 5.75 Å². The van der Waals surface area contributed by atoms with Crippen LogP contribution in [0.2, 0.25) is 0 Å². The lowest BCUT2D eigenvalue weighted by molar-refractivity contribution is -0.161. The lowest BCUT2D eigenvalue weighted by Crippen LogP contribution is -2.74. The Hall–Kier alpha value is -5.29. The molecular formula is C22H26N8O13S2. The van der Waals surface area contributed by atoms with Crippen molar-refractivity contribution in [2.24, 2.45) is 5.16 Å². The molecule has 0 bridgehead atoms. The molecule has 0 saturated carbocycles. The predicted octanol–water partition coefficient (Wildman–Crippen LogP) is -3.15. The molecule has 3 rings (SSSR count). The number of aromatic hydroxyl groups is 1. The number of anilines is 1. The van der Waals surface area contributed by atoms with E-state index in [1.165, 1.54) is 12.3 Å². The fourth-order valence-corrected chi connectivity index (χ4v) is 4.98. The molecule has 0 radical (unpaired) electrons. The molecule has 45 heavy (non-hydrogen) atoms. The summed E-state index contributed by atoms with van der Waals surface area (Å²) in [6, 6.07) is -4.11. The number of nitrogen functional groups attached to an aromatic ring is 1.